The Morgan fingerprint density at radius 2 is 1.58 bits per heavy atom. The molecule has 2 rings (SSSR count). The lowest BCUT2D eigenvalue weighted by Crippen LogP contribution is -2.19. The van der Waals surface area contributed by atoms with Gasteiger partial charge >= 0.3 is 5.97 Å². The smallest absolute Gasteiger partial charge is 0.307 e. The summed E-state index contributed by atoms with van der Waals surface area (Å²) >= 11 is 3.37. The van der Waals surface area contributed by atoms with Gasteiger partial charge in [-0.3, -0.25) is 9.78 Å². The minimum absolute atomic E-state index is 0.413. The summed E-state index contributed by atoms with van der Waals surface area (Å²) in [6, 6.07) is 11.5. The first-order chi connectivity index (χ1) is 9.15. The number of pyridine rings is 1. The monoisotopic (exact) mass is 319 g/mol. The number of hydrogen-bond donors (Lipinski definition) is 1. The van der Waals surface area contributed by atoms with Crippen molar-refractivity contribution in [2.45, 2.75) is 12.8 Å². The van der Waals surface area contributed by atoms with E-state index in [2.05, 4.69) is 20.9 Å². The van der Waals surface area contributed by atoms with Crippen LogP contribution < -0.4 is 0 Å². The van der Waals surface area contributed by atoms with E-state index in [1.165, 1.54) is 0 Å². The van der Waals surface area contributed by atoms with Gasteiger partial charge in [0.05, 0.1) is 5.92 Å². The van der Waals surface area contributed by atoms with Crippen LogP contribution in [0.15, 0.2) is 53.3 Å². The van der Waals surface area contributed by atoms with E-state index >= 15 is 0 Å². The Kier molecular flexibility index (Phi) is 4.68. The fraction of sp³-hybridized carbons (Fsp3) is 0.200. The number of carboxylic acids is 1. The zero-order valence-corrected chi connectivity index (χ0v) is 11.9. The summed E-state index contributed by atoms with van der Waals surface area (Å²) in [7, 11) is 0. The minimum atomic E-state index is -0.764. The molecule has 0 bridgehead atoms. The normalized spacial score (nSPS) is 12.1. The van der Waals surface area contributed by atoms with Crippen LogP contribution in [-0.2, 0) is 17.6 Å². The molecular formula is C15H14BrNO2. The Bertz CT molecular complexity index is 540. The molecule has 1 heterocycles. The molecule has 1 aromatic heterocycles. The maximum Gasteiger partial charge on any atom is 0.307 e. The molecule has 0 aliphatic carbocycles. The predicted octanol–water partition coefficient (Wildman–Crippen LogP) is 3.33. The molecule has 1 atom stereocenters. The second-order valence-electron chi connectivity index (χ2n) is 4.43. The van der Waals surface area contributed by atoms with E-state index in [4.69, 9.17) is 0 Å². The van der Waals surface area contributed by atoms with Gasteiger partial charge in [-0.25, -0.2) is 0 Å². The summed E-state index contributed by atoms with van der Waals surface area (Å²) < 4.78 is 0.997. The van der Waals surface area contributed by atoms with Gasteiger partial charge in [-0.2, -0.15) is 0 Å². The van der Waals surface area contributed by atoms with Crippen molar-refractivity contribution in [3.05, 3.63) is 64.4 Å². The molecule has 98 valence electrons. The SMILES string of the molecule is O=C(O)C(Cc1ccncc1)Cc1ccc(Br)cc1. The van der Waals surface area contributed by atoms with Crippen molar-refractivity contribution in [2.24, 2.45) is 5.92 Å². The largest absolute Gasteiger partial charge is 0.481 e. The zero-order chi connectivity index (χ0) is 13.7. The maximum absolute atomic E-state index is 11.4. The molecule has 4 heteroatoms. The standard InChI is InChI=1S/C15H14BrNO2/c16-14-3-1-11(2-4-14)9-13(15(18)19)10-12-5-7-17-8-6-12/h1-8,13H,9-10H2,(H,18,19). The van der Waals surface area contributed by atoms with Crippen LogP contribution in [0, 0.1) is 5.92 Å². The number of benzene rings is 1. The van der Waals surface area contributed by atoms with Crippen molar-refractivity contribution in [1.82, 2.24) is 4.98 Å². The van der Waals surface area contributed by atoms with Crippen LogP contribution in [0.5, 0.6) is 0 Å². The first kappa shape index (κ1) is 13.7. The van der Waals surface area contributed by atoms with Gasteiger partial charge in [0.2, 0.25) is 0 Å². The van der Waals surface area contributed by atoms with E-state index in [1.807, 2.05) is 36.4 Å². The van der Waals surface area contributed by atoms with Gasteiger partial charge in [-0.05, 0) is 48.2 Å². The van der Waals surface area contributed by atoms with Crippen LogP contribution in [0.3, 0.4) is 0 Å². The molecule has 1 aromatic carbocycles. The summed E-state index contributed by atoms with van der Waals surface area (Å²) in [4.78, 5) is 15.3. The lowest BCUT2D eigenvalue weighted by atomic mass is 9.93. The Morgan fingerprint density at radius 3 is 2.11 bits per heavy atom. The highest BCUT2D eigenvalue weighted by atomic mass is 79.9. The molecule has 0 amide bonds. The molecule has 0 aliphatic rings. The van der Waals surface area contributed by atoms with Crippen LogP contribution in [0.4, 0.5) is 0 Å². The van der Waals surface area contributed by atoms with E-state index in [9.17, 15) is 9.90 Å². The molecule has 0 saturated heterocycles. The van der Waals surface area contributed by atoms with Gasteiger partial charge in [0.25, 0.3) is 0 Å². The van der Waals surface area contributed by atoms with Crippen molar-refractivity contribution < 1.29 is 9.90 Å². The molecule has 0 saturated carbocycles. The van der Waals surface area contributed by atoms with E-state index in [0.29, 0.717) is 12.8 Å². The second kappa shape index (κ2) is 6.48. The third-order valence-electron chi connectivity index (χ3n) is 2.98. The fourth-order valence-electron chi connectivity index (χ4n) is 1.96. The molecular weight excluding hydrogens is 306 g/mol. The summed E-state index contributed by atoms with van der Waals surface area (Å²) in [6.45, 7) is 0. The van der Waals surface area contributed by atoms with Gasteiger partial charge in [0.15, 0.2) is 0 Å². The number of carbonyl (C=O) groups is 1. The summed E-state index contributed by atoms with van der Waals surface area (Å²) in [5.74, 6) is -1.18. The van der Waals surface area contributed by atoms with Crippen LogP contribution in [0.1, 0.15) is 11.1 Å². The van der Waals surface area contributed by atoms with Gasteiger partial charge in [0.1, 0.15) is 0 Å². The molecule has 3 nitrogen and oxygen atoms in total. The van der Waals surface area contributed by atoms with Gasteiger partial charge in [-0.1, -0.05) is 28.1 Å². The molecule has 0 radical (unpaired) electrons. The van der Waals surface area contributed by atoms with Crippen molar-refractivity contribution >= 4 is 21.9 Å². The molecule has 1 N–H and O–H groups in total. The number of rotatable bonds is 5. The third kappa shape index (κ3) is 4.17. The number of halogens is 1. The molecule has 0 fully saturated rings. The summed E-state index contributed by atoms with van der Waals surface area (Å²) in [5.41, 5.74) is 2.03. The van der Waals surface area contributed by atoms with E-state index in [1.54, 1.807) is 12.4 Å². The van der Waals surface area contributed by atoms with Crippen molar-refractivity contribution in [1.29, 1.82) is 0 Å². The van der Waals surface area contributed by atoms with Gasteiger partial charge < -0.3 is 5.11 Å². The maximum atomic E-state index is 11.4. The number of carboxylic acid groups (broad SMARTS) is 1. The Hall–Kier alpha value is -1.68. The van der Waals surface area contributed by atoms with Crippen molar-refractivity contribution in [2.75, 3.05) is 0 Å². The topological polar surface area (TPSA) is 50.2 Å². The number of nitrogens with zero attached hydrogens (tertiary/aromatic N) is 1. The first-order valence-electron chi connectivity index (χ1n) is 6.01. The lowest BCUT2D eigenvalue weighted by Gasteiger charge is -2.12. The Morgan fingerprint density at radius 1 is 1.05 bits per heavy atom. The Labute approximate surface area is 120 Å². The fourth-order valence-corrected chi connectivity index (χ4v) is 2.22. The first-order valence-corrected chi connectivity index (χ1v) is 6.80. The third-order valence-corrected chi connectivity index (χ3v) is 3.50. The van der Waals surface area contributed by atoms with Crippen molar-refractivity contribution in [3.63, 3.8) is 0 Å². The van der Waals surface area contributed by atoms with Crippen molar-refractivity contribution in [3.8, 4) is 0 Å². The number of hydrogen-bond acceptors (Lipinski definition) is 2. The number of aliphatic carboxylic acids is 1. The highest BCUT2D eigenvalue weighted by molar-refractivity contribution is 9.10. The van der Waals surface area contributed by atoms with Crippen LogP contribution in [0.2, 0.25) is 0 Å². The van der Waals surface area contributed by atoms with Crippen LogP contribution in [0.25, 0.3) is 0 Å². The zero-order valence-electron chi connectivity index (χ0n) is 10.3. The highest BCUT2D eigenvalue weighted by Gasteiger charge is 2.18. The summed E-state index contributed by atoms with van der Waals surface area (Å²) in [6.07, 6.45) is 4.43. The molecule has 0 aliphatic heterocycles. The average Bonchev–Trinajstić information content (AvgIpc) is 2.41. The molecule has 1 unspecified atom stereocenters. The number of aromatic nitrogens is 1. The second-order valence-corrected chi connectivity index (χ2v) is 5.34. The predicted molar refractivity (Wildman–Crippen MR) is 76.9 cm³/mol. The summed E-state index contributed by atoms with van der Waals surface area (Å²) in [5, 5.41) is 9.33. The highest BCUT2D eigenvalue weighted by Crippen LogP contribution is 2.17. The van der Waals surface area contributed by atoms with Crippen LogP contribution in [-0.4, -0.2) is 16.1 Å². The average molecular weight is 320 g/mol. The van der Waals surface area contributed by atoms with Gasteiger partial charge in [0, 0.05) is 16.9 Å². The van der Waals surface area contributed by atoms with Crippen LogP contribution >= 0.6 is 15.9 Å². The Balaban J connectivity index is 2.08. The minimum Gasteiger partial charge on any atom is -0.481 e. The van der Waals surface area contributed by atoms with Gasteiger partial charge in [-0.15, -0.1) is 0 Å². The lowest BCUT2D eigenvalue weighted by molar-refractivity contribution is -0.141. The quantitative estimate of drug-likeness (QED) is 0.919. The molecule has 19 heavy (non-hydrogen) atoms. The molecule has 0 spiro atoms. The van der Waals surface area contributed by atoms with E-state index in [-0.39, 0.29) is 0 Å². The molecule has 2 aromatic rings. The van der Waals surface area contributed by atoms with E-state index < -0.39 is 11.9 Å². The van der Waals surface area contributed by atoms with E-state index in [0.717, 1.165) is 15.6 Å².